The van der Waals surface area contributed by atoms with Crippen LogP contribution in [0.15, 0.2) is 22.9 Å². The fourth-order valence-electron chi connectivity index (χ4n) is 2.68. The van der Waals surface area contributed by atoms with Crippen molar-refractivity contribution in [1.82, 2.24) is 20.4 Å². The van der Waals surface area contributed by atoms with Gasteiger partial charge in [-0.3, -0.25) is 0 Å². The van der Waals surface area contributed by atoms with Gasteiger partial charge in [0.25, 0.3) is 0 Å². The van der Waals surface area contributed by atoms with E-state index in [0.717, 1.165) is 18.2 Å². The lowest BCUT2D eigenvalue weighted by atomic mass is 9.94. The van der Waals surface area contributed by atoms with Gasteiger partial charge in [0, 0.05) is 33.8 Å². The standard InChI is InChI=1S/C16H23N5O/c1-11-19-15(20-22-11)16(2,13-5-6-13)18-10-12-7-8-17-14(9-12)21(3)4/h7-9,13,18H,5-6,10H2,1-4H3/t16-/m0/s1. The average Bonchev–Trinajstić information content (AvgIpc) is 3.27. The number of hydrogen-bond donors (Lipinski definition) is 1. The zero-order valence-electron chi connectivity index (χ0n) is 13.6. The minimum absolute atomic E-state index is 0.237. The highest BCUT2D eigenvalue weighted by Gasteiger charge is 2.45. The first-order valence-electron chi connectivity index (χ1n) is 7.67. The fraction of sp³-hybridized carbons (Fsp3) is 0.562. The second kappa shape index (κ2) is 5.68. The summed E-state index contributed by atoms with van der Waals surface area (Å²) >= 11 is 0. The number of aryl methyl sites for hydroxylation is 1. The molecular formula is C16H23N5O. The Morgan fingerprint density at radius 1 is 1.41 bits per heavy atom. The number of nitrogens with one attached hydrogen (secondary N) is 1. The third kappa shape index (κ3) is 2.97. The molecule has 0 bridgehead atoms. The molecule has 0 aromatic carbocycles. The Balaban J connectivity index is 1.76. The van der Waals surface area contributed by atoms with Gasteiger partial charge in [-0.05, 0) is 43.4 Å². The predicted molar refractivity (Wildman–Crippen MR) is 84.5 cm³/mol. The van der Waals surface area contributed by atoms with Gasteiger partial charge in [0.05, 0.1) is 5.54 Å². The molecule has 0 saturated heterocycles. The maximum atomic E-state index is 5.17. The SMILES string of the molecule is Cc1nc([C@@](C)(NCc2ccnc(N(C)C)c2)C2CC2)no1. The molecule has 1 aliphatic rings. The van der Waals surface area contributed by atoms with Crippen LogP contribution in [0.4, 0.5) is 5.82 Å². The minimum Gasteiger partial charge on any atom is -0.363 e. The van der Waals surface area contributed by atoms with Gasteiger partial charge in [-0.1, -0.05) is 5.16 Å². The lowest BCUT2D eigenvalue weighted by Gasteiger charge is -2.28. The molecule has 1 fully saturated rings. The van der Waals surface area contributed by atoms with Crippen LogP contribution in [0.3, 0.4) is 0 Å². The predicted octanol–water partition coefficient (Wildman–Crippen LogP) is 2.25. The summed E-state index contributed by atoms with van der Waals surface area (Å²) in [4.78, 5) is 10.8. The average molecular weight is 301 g/mol. The lowest BCUT2D eigenvalue weighted by Crippen LogP contribution is -2.42. The number of nitrogens with zero attached hydrogens (tertiary/aromatic N) is 4. The van der Waals surface area contributed by atoms with E-state index in [-0.39, 0.29) is 5.54 Å². The van der Waals surface area contributed by atoms with Crippen molar-refractivity contribution < 1.29 is 4.52 Å². The Kier molecular flexibility index (Phi) is 3.87. The molecule has 2 aromatic heterocycles. The Hall–Kier alpha value is -1.95. The minimum atomic E-state index is -0.237. The molecule has 0 radical (unpaired) electrons. The van der Waals surface area contributed by atoms with Gasteiger partial charge >= 0.3 is 0 Å². The van der Waals surface area contributed by atoms with Gasteiger partial charge < -0.3 is 14.7 Å². The number of hydrogen-bond acceptors (Lipinski definition) is 6. The second-order valence-electron chi connectivity index (χ2n) is 6.38. The van der Waals surface area contributed by atoms with Crippen molar-refractivity contribution in [2.24, 2.45) is 5.92 Å². The monoisotopic (exact) mass is 301 g/mol. The summed E-state index contributed by atoms with van der Waals surface area (Å²) in [5, 5.41) is 7.78. The molecule has 3 rings (SSSR count). The summed E-state index contributed by atoms with van der Waals surface area (Å²) in [6.07, 6.45) is 4.26. The van der Waals surface area contributed by atoms with Crippen LogP contribution >= 0.6 is 0 Å². The summed E-state index contributed by atoms with van der Waals surface area (Å²) in [7, 11) is 3.99. The van der Waals surface area contributed by atoms with E-state index in [4.69, 9.17) is 4.52 Å². The first-order valence-corrected chi connectivity index (χ1v) is 7.67. The Labute approximate surface area is 130 Å². The summed E-state index contributed by atoms with van der Waals surface area (Å²) in [5.41, 5.74) is 0.963. The summed E-state index contributed by atoms with van der Waals surface area (Å²) in [5.74, 6) is 2.90. The number of anilines is 1. The molecule has 2 heterocycles. The molecule has 0 aliphatic heterocycles. The highest BCUT2D eigenvalue weighted by Crippen LogP contribution is 2.44. The van der Waals surface area contributed by atoms with E-state index in [9.17, 15) is 0 Å². The summed E-state index contributed by atoms with van der Waals surface area (Å²) in [6, 6.07) is 4.14. The first kappa shape index (κ1) is 15.0. The third-order valence-corrected chi connectivity index (χ3v) is 4.31. The van der Waals surface area contributed by atoms with Crippen molar-refractivity contribution >= 4 is 5.82 Å². The van der Waals surface area contributed by atoms with E-state index < -0.39 is 0 Å². The lowest BCUT2D eigenvalue weighted by molar-refractivity contribution is 0.280. The topological polar surface area (TPSA) is 67.1 Å². The molecule has 6 nitrogen and oxygen atoms in total. The van der Waals surface area contributed by atoms with Gasteiger partial charge in [-0.15, -0.1) is 0 Å². The van der Waals surface area contributed by atoms with Crippen molar-refractivity contribution in [3.8, 4) is 0 Å². The number of pyridine rings is 1. The zero-order chi connectivity index (χ0) is 15.7. The van der Waals surface area contributed by atoms with Crippen molar-refractivity contribution in [3.05, 3.63) is 35.6 Å². The summed E-state index contributed by atoms with van der Waals surface area (Å²) < 4.78 is 5.17. The van der Waals surface area contributed by atoms with Crippen LogP contribution in [-0.2, 0) is 12.1 Å². The molecule has 1 aliphatic carbocycles. The third-order valence-electron chi connectivity index (χ3n) is 4.31. The van der Waals surface area contributed by atoms with E-state index >= 15 is 0 Å². The molecule has 1 N–H and O–H groups in total. The smallest absolute Gasteiger partial charge is 0.223 e. The van der Waals surface area contributed by atoms with Gasteiger partial charge in [-0.2, -0.15) is 4.98 Å². The largest absolute Gasteiger partial charge is 0.363 e. The van der Waals surface area contributed by atoms with Crippen molar-refractivity contribution in [1.29, 1.82) is 0 Å². The van der Waals surface area contributed by atoms with Crippen LogP contribution in [0.1, 0.15) is 37.0 Å². The van der Waals surface area contributed by atoms with Crippen LogP contribution in [0, 0.1) is 12.8 Å². The fourth-order valence-corrected chi connectivity index (χ4v) is 2.68. The second-order valence-corrected chi connectivity index (χ2v) is 6.38. The van der Waals surface area contributed by atoms with Crippen LogP contribution in [0.2, 0.25) is 0 Å². The van der Waals surface area contributed by atoms with Crippen LogP contribution in [0.25, 0.3) is 0 Å². The van der Waals surface area contributed by atoms with Gasteiger partial charge in [0.1, 0.15) is 5.82 Å². The van der Waals surface area contributed by atoms with E-state index in [1.54, 1.807) is 0 Å². The highest BCUT2D eigenvalue weighted by molar-refractivity contribution is 5.39. The Morgan fingerprint density at radius 3 is 2.77 bits per heavy atom. The number of rotatable bonds is 6. The normalized spacial score (nSPS) is 17.3. The number of aromatic nitrogens is 3. The molecule has 0 unspecified atom stereocenters. The Bertz CT molecular complexity index is 649. The van der Waals surface area contributed by atoms with Crippen molar-refractivity contribution in [3.63, 3.8) is 0 Å². The van der Waals surface area contributed by atoms with E-state index in [1.807, 2.05) is 38.2 Å². The van der Waals surface area contributed by atoms with Crippen molar-refractivity contribution in [2.75, 3.05) is 19.0 Å². The summed E-state index contributed by atoms with van der Waals surface area (Å²) in [6.45, 7) is 4.75. The molecule has 1 atom stereocenters. The van der Waals surface area contributed by atoms with E-state index in [2.05, 4.69) is 33.4 Å². The van der Waals surface area contributed by atoms with Crippen LogP contribution < -0.4 is 10.2 Å². The van der Waals surface area contributed by atoms with Gasteiger partial charge in [0.2, 0.25) is 5.89 Å². The highest BCUT2D eigenvalue weighted by atomic mass is 16.5. The van der Waals surface area contributed by atoms with E-state index in [0.29, 0.717) is 11.8 Å². The van der Waals surface area contributed by atoms with Crippen LogP contribution in [-0.4, -0.2) is 29.2 Å². The maximum absolute atomic E-state index is 5.17. The molecule has 2 aromatic rings. The van der Waals surface area contributed by atoms with Gasteiger partial charge in [-0.25, -0.2) is 4.98 Å². The first-order chi connectivity index (χ1) is 10.5. The molecule has 6 heteroatoms. The van der Waals surface area contributed by atoms with E-state index in [1.165, 1.54) is 18.4 Å². The Morgan fingerprint density at radius 2 is 2.18 bits per heavy atom. The molecule has 0 spiro atoms. The van der Waals surface area contributed by atoms with Gasteiger partial charge in [0.15, 0.2) is 5.82 Å². The zero-order valence-corrected chi connectivity index (χ0v) is 13.6. The maximum Gasteiger partial charge on any atom is 0.223 e. The van der Waals surface area contributed by atoms with Crippen molar-refractivity contribution in [2.45, 2.75) is 38.8 Å². The molecular weight excluding hydrogens is 278 g/mol. The van der Waals surface area contributed by atoms with Crippen LogP contribution in [0.5, 0.6) is 0 Å². The molecule has 22 heavy (non-hydrogen) atoms. The molecule has 1 saturated carbocycles. The molecule has 118 valence electrons. The molecule has 0 amide bonds. The quantitative estimate of drug-likeness (QED) is 0.882.